The van der Waals surface area contributed by atoms with Crippen molar-refractivity contribution in [2.24, 2.45) is 0 Å². The Morgan fingerprint density at radius 2 is 1.93 bits per heavy atom. The molecule has 1 aromatic carbocycles. The second-order valence-electron chi connectivity index (χ2n) is 11.0. The minimum absolute atomic E-state index is 0.00723. The number of aryl methyl sites for hydroxylation is 1. The molecule has 3 aliphatic heterocycles. The number of halogens is 2. The van der Waals surface area contributed by atoms with Crippen LogP contribution in [0.5, 0.6) is 0 Å². The maximum absolute atomic E-state index is 14.6. The number of nitrogens with zero attached hydrogens (tertiary/aromatic N) is 6. The Morgan fingerprint density at radius 3 is 2.62 bits per heavy atom. The molecule has 1 amide bonds. The maximum Gasteiger partial charge on any atom is 0.311 e. The number of hydrogen-bond acceptors (Lipinski definition) is 8. The molecule has 10 nitrogen and oxygen atoms in total. The Hall–Kier alpha value is -3.93. The zero-order valence-corrected chi connectivity index (χ0v) is 23.8. The highest BCUT2D eigenvalue weighted by molar-refractivity contribution is 5.77. The van der Waals surface area contributed by atoms with Crippen molar-refractivity contribution in [2.45, 2.75) is 64.5 Å². The van der Waals surface area contributed by atoms with Crippen LogP contribution in [-0.2, 0) is 44.9 Å². The van der Waals surface area contributed by atoms with Crippen LogP contribution >= 0.6 is 0 Å². The lowest BCUT2D eigenvalue weighted by Gasteiger charge is -2.33. The molecule has 12 heteroatoms. The van der Waals surface area contributed by atoms with E-state index in [4.69, 9.17) is 9.84 Å². The Balaban J connectivity index is 1.41. The highest BCUT2D eigenvalue weighted by Gasteiger charge is 2.34. The van der Waals surface area contributed by atoms with Crippen LogP contribution in [0.4, 0.5) is 20.3 Å². The summed E-state index contributed by atoms with van der Waals surface area (Å²) >= 11 is 0. The molecule has 1 saturated heterocycles. The van der Waals surface area contributed by atoms with E-state index in [1.807, 2.05) is 4.90 Å². The van der Waals surface area contributed by atoms with Crippen LogP contribution in [0, 0.1) is 0 Å². The zero-order chi connectivity index (χ0) is 29.4. The first-order valence-electron chi connectivity index (χ1n) is 14.4. The SMILES string of the molecule is COC(=O)Cc1cnc(-c2cc3c(cc2C(F)F)N(c2nn(C4CCOCC4)c4c2CN(C(C)=O)CC4)CCC3)cn1. The van der Waals surface area contributed by atoms with Crippen molar-refractivity contribution in [3.8, 4) is 11.3 Å². The van der Waals surface area contributed by atoms with Crippen LogP contribution in [0.2, 0.25) is 0 Å². The number of fused-ring (bicyclic) bond motifs is 2. The largest absolute Gasteiger partial charge is 0.469 e. The van der Waals surface area contributed by atoms with Crippen LogP contribution in [0.3, 0.4) is 0 Å². The molecular weight excluding hydrogens is 546 g/mol. The summed E-state index contributed by atoms with van der Waals surface area (Å²) in [5.41, 5.74) is 4.64. The van der Waals surface area contributed by atoms with E-state index in [1.54, 1.807) is 19.1 Å². The van der Waals surface area contributed by atoms with Gasteiger partial charge in [-0.25, -0.2) is 8.78 Å². The standard InChI is InChI=1S/C30H34F2N6O4/c1-18(39)36-9-5-26-24(17-36)30(35-38(26)21-6-10-42-11-7-21)37-8-3-4-19-12-22(23(29(31)32)14-27(19)37)25-16-33-20(15-34-25)13-28(40)41-2/h12,14-16,21,29H,3-11,13,17H2,1-2H3. The lowest BCUT2D eigenvalue weighted by molar-refractivity contribution is -0.139. The summed E-state index contributed by atoms with van der Waals surface area (Å²) in [6, 6.07) is 3.55. The van der Waals surface area contributed by atoms with E-state index < -0.39 is 12.4 Å². The van der Waals surface area contributed by atoms with Gasteiger partial charge in [-0.05, 0) is 43.4 Å². The van der Waals surface area contributed by atoms with Gasteiger partial charge in [-0.2, -0.15) is 5.10 Å². The first kappa shape index (κ1) is 28.2. The highest BCUT2D eigenvalue weighted by atomic mass is 19.3. The quantitative estimate of drug-likeness (QED) is 0.397. The predicted molar refractivity (Wildman–Crippen MR) is 150 cm³/mol. The van der Waals surface area contributed by atoms with Crippen LogP contribution in [0.15, 0.2) is 24.5 Å². The van der Waals surface area contributed by atoms with Gasteiger partial charge in [0.25, 0.3) is 6.43 Å². The second-order valence-corrected chi connectivity index (χ2v) is 11.0. The Morgan fingerprint density at radius 1 is 1.12 bits per heavy atom. The molecule has 0 atom stereocenters. The van der Waals surface area contributed by atoms with Gasteiger partial charge >= 0.3 is 5.97 Å². The van der Waals surface area contributed by atoms with Crippen LogP contribution < -0.4 is 4.90 Å². The van der Waals surface area contributed by atoms with Crippen molar-refractivity contribution in [2.75, 3.05) is 38.3 Å². The number of hydrogen-bond donors (Lipinski definition) is 0. The Kier molecular flexibility index (Phi) is 7.89. The summed E-state index contributed by atoms with van der Waals surface area (Å²) in [5.74, 6) is 0.295. The van der Waals surface area contributed by atoms with Gasteiger partial charge in [0.05, 0.1) is 43.7 Å². The topological polar surface area (TPSA) is 103 Å². The van der Waals surface area contributed by atoms with Gasteiger partial charge in [0.15, 0.2) is 5.82 Å². The van der Waals surface area contributed by atoms with E-state index in [-0.39, 0.29) is 23.9 Å². The van der Waals surface area contributed by atoms with E-state index in [0.29, 0.717) is 61.9 Å². The third kappa shape index (κ3) is 5.35. The van der Waals surface area contributed by atoms with Gasteiger partial charge in [-0.1, -0.05) is 0 Å². The average molecular weight is 581 g/mol. The minimum atomic E-state index is -2.74. The molecule has 0 aliphatic carbocycles. The lowest BCUT2D eigenvalue weighted by atomic mass is 9.93. The molecule has 0 unspecified atom stereocenters. The fourth-order valence-corrected chi connectivity index (χ4v) is 6.22. The summed E-state index contributed by atoms with van der Waals surface area (Å²) in [6.45, 7) is 4.63. The normalized spacial score (nSPS) is 17.3. The number of carbonyl (C=O) groups excluding carboxylic acids is 2. The highest BCUT2D eigenvalue weighted by Crippen LogP contribution is 2.43. The molecule has 0 N–H and O–H groups in total. The molecule has 222 valence electrons. The molecule has 0 radical (unpaired) electrons. The number of alkyl halides is 2. The van der Waals surface area contributed by atoms with Gasteiger partial charge in [0.2, 0.25) is 5.91 Å². The summed E-state index contributed by atoms with van der Waals surface area (Å²) < 4.78 is 41.5. The van der Waals surface area contributed by atoms with Gasteiger partial charge in [0, 0.05) is 73.9 Å². The van der Waals surface area contributed by atoms with Crippen molar-refractivity contribution in [1.29, 1.82) is 0 Å². The fraction of sp³-hybridized carbons (Fsp3) is 0.500. The molecule has 0 spiro atoms. The van der Waals surface area contributed by atoms with E-state index in [9.17, 15) is 18.4 Å². The smallest absolute Gasteiger partial charge is 0.311 e. The van der Waals surface area contributed by atoms with Crippen molar-refractivity contribution in [3.63, 3.8) is 0 Å². The number of esters is 1. The summed E-state index contributed by atoms with van der Waals surface area (Å²) in [5, 5.41) is 5.13. The van der Waals surface area contributed by atoms with Crippen molar-refractivity contribution in [1.82, 2.24) is 24.6 Å². The predicted octanol–water partition coefficient (Wildman–Crippen LogP) is 4.33. The molecule has 1 fully saturated rings. The fourth-order valence-electron chi connectivity index (χ4n) is 6.22. The third-order valence-electron chi connectivity index (χ3n) is 8.44. The number of methoxy groups -OCH3 is 1. The number of benzene rings is 1. The number of carbonyl (C=O) groups is 2. The molecule has 5 heterocycles. The summed E-state index contributed by atoms with van der Waals surface area (Å²) in [6.07, 6.45) is 4.02. The molecule has 2 aromatic heterocycles. The lowest BCUT2D eigenvalue weighted by Crippen LogP contribution is -2.36. The van der Waals surface area contributed by atoms with E-state index in [2.05, 4.69) is 24.3 Å². The number of aromatic nitrogens is 4. The van der Waals surface area contributed by atoms with E-state index >= 15 is 0 Å². The Labute approximate surface area is 242 Å². The number of anilines is 2. The number of ether oxygens (including phenoxy) is 2. The molecule has 0 saturated carbocycles. The molecule has 3 aliphatic rings. The zero-order valence-electron chi connectivity index (χ0n) is 23.8. The van der Waals surface area contributed by atoms with E-state index in [0.717, 1.165) is 48.3 Å². The third-order valence-corrected chi connectivity index (χ3v) is 8.44. The van der Waals surface area contributed by atoms with Crippen molar-refractivity contribution in [3.05, 3.63) is 52.6 Å². The van der Waals surface area contributed by atoms with Gasteiger partial charge in [0.1, 0.15) is 0 Å². The van der Waals surface area contributed by atoms with Crippen molar-refractivity contribution >= 4 is 23.4 Å². The summed E-state index contributed by atoms with van der Waals surface area (Å²) in [7, 11) is 1.29. The molecule has 6 rings (SSSR count). The van der Waals surface area contributed by atoms with Gasteiger partial charge in [-0.15, -0.1) is 0 Å². The number of rotatable bonds is 6. The molecule has 42 heavy (non-hydrogen) atoms. The first-order chi connectivity index (χ1) is 20.3. The van der Waals surface area contributed by atoms with Crippen LogP contribution in [-0.4, -0.2) is 69.9 Å². The van der Waals surface area contributed by atoms with Gasteiger partial charge in [-0.3, -0.25) is 24.2 Å². The molecule has 3 aromatic rings. The minimum Gasteiger partial charge on any atom is -0.469 e. The van der Waals surface area contributed by atoms with E-state index in [1.165, 1.54) is 19.5 Å². The van der Waals surface area contributed by atoms with Crippen molar-refractivity contribution < 1.29 is 27.8 Å². The average Bonchev–Trinajstić information content (AvgIpc) is 3.39. The molecule has 0 bridgehead atoms. The van der Waals surface area contributed by atoms with Gasteiger partial charge < -0.3 is 19.3 Å². The van der Waals surface area contributed by atoms with Crippen LogP contribution in [0.25, 0.3) is 11.3 Å². The Bertz CT molecular complexity index is 1490. The number of amides is 1. The monoisotopic (exact) mass is 580 g/mol. The van der Waals surface area contributed by atoms with Crippen LogP contribution in [0.1, 0.15) is 66.7 Å². The summed E-state index contributed by atoms with van der Waals surface area (Å²) in [4.78, 5) is 36.4. The maximum atomic E-state index is 14.6. The first-order valence-corrected chi connectivity index (χ1v) is 14.4. The molecular formula is C30H34F2N6O4. The second kappa shape index (κ2) is 11.7.